The van der Waals surface area contributed by atoms with Gasteiger partial charge in [0.05, 0.1) is 12.0 Å². The van der Waals surface area contributed by atoms with Crippen molar-refractivity contribution in [2.24, 2.45) is 5.41 Å². The highest BCUT2D eigenvalue weighted by Gasteiger charge is 2.30. The number of aromatic nitrogens is 2. The van der Waals surface area contributed by atoms with Gasteiger partial charge in [-0.15, -0.1) is 0 Å². The van der Waals surface area contributed by atoms with Crippen molar-refractivity contribution in [1.29, 1.82) is 0 Å². The van der Waals surface area contributed by atoms with Gasteiger partial charge in [-0.05, 0) is 26.8 Å². The van der Waals surface area contributed by atoms with Crippen LogP contribution in [-0.4, -0.2) is 38.8 Å². The smallest absolute Gasteiger partial charge is 0.321 e. The molecule has 8 heteroatoms. The number of nitrogens with zero attached hydrogens (tertiary/aromatic N) is 2. The first kappa shape index (κ1) is 16.7. The van der Waals surface area contributed by atoms with E-state index in [9.17, 15) is 14.4 Å². The third-order valence-electron chi connectivity index (χ3n) is 2.83. The first-order valence-corrected chi connectivity index (χ1v) is 6.52. The van der Waals surface area contributed by atoms with Gasteiger partial charge in [-0.1, -0.05) is 0 Å². The lowest BCUT2D eigenvalue weighted by Gasteiger charge is -2.19. The van der Waals surface area contributed by atoms with E-state index >= 15 is 0 Å². The zero-order valence-electron chi connectivity index (χ0n) is 12.3. The van der Waals surface area contributed by atoms with E-state index in [2.05, 4.69) is 15.7 Å². The molecular formula is C13H20N4O4. The lowest BCUT2D eigenvalue weighted by Crippen LogP contribution is -2.46. The minimum Gasteiger partial charge on any atom is -0.481 e. The summed E-state index contributed by atoms with van der Waals surface area (Å²) in [7, 11) is 0. The number of amides is 3. The summed E-state index contributed by atoms with van der Waals surface area (Å²) in [6, 6.07) is 0.885. The maximum absolute atomic E-state index is 11.6. The number of nitrogens with one attached hydrogen (secondary N) is 2. The van der Waals surface area contributed by atoms with Gasteiger partial charge in [0.1, 0.15) is 0 Å². The van der Waals surface area contributed by atoms with Gasteiger partial charge in [-0.25, -0.2) is 4.79 Å². The Balaban J connectivity index is 2.39. The summed E-state index contributed by atoms with van der Waals surface area (Å²) in [6.07, 6.45) is 3.12. The lowest BCUT2D eigenvalue weighted by atomic mass is 9.89. The van der Waals surface area contributed by atoms with Gasteiger partial charge >= 0.3 is 12.0 Å². The molecule has 1 unspecified atom stereocenters. The number of hydrogen-bond donors (Lipinski definition) is 3. The van der Waals surface area contributed by atoms with Crippen molar-refractivity contribution in [1.82, 2.24) is 20.4 Å². The second kappa shape index (κ2) is 6.87. The maximum Gasteiger partial charge on any atom is 0.321 e. The molecule has 1 aromatic rings. The van der Waals surface area contributed by atoms with Crippen LogP contribution in [0.5, 0.6) is 0 Å². The van der Waals surface area contributed by atoms with E-state index < -0.39 is 23.3 Å². The molecule has 0 saturated heterocycles. The third-order valence-corrected chi connectivity index (χ3v) is 2.83. The molecule has 3 N–H and O–H groups in total. The summed E-state index contributed by atoms with van der Waals surface area (Å²) in [5.74, 6) is -1.73. The zero-order chi connectivity index (χ0) is 16.0. The first-order chi connectivity index (χ1) is 9.70. The number of carboxylic acids is 1. The molecule has 1 rings (SSSR count). The highest BCUT2D eigenvalue weighted by atomic mass is 16.4. The lowest BCUT2D eigenvalue weighted by molar-refractivity contribution is -0.149. The Morgan fingerprint density at radius 3 is 2.57 bits per heavy atom. The van der Waals surface area contributed by atoms with Crippen LogP contribution >= 0.6 is 0 Å². The summed E-state index contributed by atoms with van der Waals surface area (Å²) < 4.78 is 1.65. The molecule has 0 saturated carbocycles. The molecule has 1 atom stereocenters. The average Bonchev–Trinajstić information content (AvgIpc) is 2.79. The molecule has 1 heterocycles. The van der Waals surface area contributed by atoms with E-state index in [1.165, 1.54) is 13.8 Å². The van der Waals surface area contributed by atoms with Gasteiger partial charge in [0.25, 0.3) is 0 Å². The van der Waals surface area contributed by atoms with Gasteiger partial charge in [-0.2, -0.15) is 5.10 Å². The van der Waals surface area contributed by atoms with Gasteiger partial charge in [0, 0.05) is 24.9 Å². The van der Waals surface area contributed by atoms with Crippen molar-refractivity contribution < 1.29 is 19.5 Å². The van der Waals surface area contributed by atoms with Gasteiger partial charge in [0.15, 0.2) is 0 Å². The van der Waals surface area contributed by atoms with Crippen molar-refractivity contribution in [3.63, 3.8) is 0 Å². The molecule has 0 bridgehead atoms. The van der Waals surface area contributed by atoms with Crippen LogP contribution in [0.4, 0.5) is 4.79 Å². The summed E-state index contributed by atoms with van der Waals surface area (Å²) in [4.78, 5) is 34.2. The maximum atomic E-state index is 11.6. The van der Waals surface area contributed by atoms with E-state index in [0.29, 0.717) is 6.54 Å². The van der Waals surface area contributed by atoms with Gasteiger partial charge in [-0.3, -0.25) is 19.6 Å². The van der Waals surface area contributed by atoms with E-state index in [-0.39, 0.29) is 12.5 Å². The standard InChI is InChI=1S/C13H20N4O4/c1-9(8-17-6-4-5-14-17)15-12(21)16-10(18)7-13(2,3)11(19)20/h4-6,9H,7-8H2,1-3H3,(H,19,20)(H2,15,16,18,21). The number of urea groups is 1. The molecule has 0 aliphatic rings. The molecule has 116 valence electrons. The molecule has 0 spiro atoms. The summed E-state index contributed by atoms with van der Waals surface area (Å²) in [5.41, 5.74) is -1.22. The van der Waals surface area contributed by atoms with Crippen LogP contribution in [-0.2, 0) is 16.1 Å². The Labute approximate surface area is 122 Å². The topological polar surface area (TPSA) is 113 Å². The van der Waals surface area contributed by atoms with Gasteiger partial charge in [0.2, 0.25) is 5.91 Å². The molecular weight excluding hydrogens is 276 g/mol. The number of hydrogen-bond acceptors (Lipinski definition) is 4. The van der Waals surface area contributed by atoms with Crippen LogP contribution in [0.2, 0.25) is 0 Å². The summed E-state index contributed by atoms with van der Waals surface area (Å²) in [5, 5.41) is 17.6. The Morgan fingerprint density at radius 1 is 1.38 bits per heavy atom. The largest absolute Gasteiger partial charge is 0.481 e. The molecule has 0 fully saturated rings. The number of carbonyl (C=O) groups excluding carboxylic acids is 2. The van der Waals surface area contributed by atoms with Crippen LogP contribution in [0.3, 0.4) is 0 Å². The van der Waals surface area contributed by atoms with E-state index in [0.717, 1.165) is 0 Å². The fourth-order valence-electron chi connectivity index (χ4n) is 1.64. The van der Waals surface area contributed by atoms with E-state index in [1.807, 2.05) is 0 Å². The fourth-order valence-corrected chi connectivity index (χ4v) is 1.64. The first-order valence-electron chi connectivity index (χ1n) is 6.52. The van der Waals surface area contributed by atoms with Crippen molar-refractivity contribution >= 4 is 17.9 Å². The van der Waals surface area contributed by atoms with Crippen LogP contribution in [0.1, 0.15) is 27.2 Å². The highest BCUT2D eigenvalue weighted by molar-refractivity contribution is 5.96. The molecule has 0 aliphatic carbocycles. The van der Waals surface area contributed by atoms with Crippen LogP contribution in [0, 0.1) is 5.41 Å². The number of rotatable bonds is 6. The second-order valence-corrected chi connectivity index (χ2v) is 5.52. The fraction of sp³-hybridized carbons (Fsp3) is 0.538. The predicted molar refractivity (Wildman–Crippen MR) is 74.4 cm³/mol. The monoisotopic (exact) mass is 296 g/mol. The van der Waals surface area contributed by atoms with Crippen molar-refractivity contribution in [3.05, 3.63) is 18.5 Å². The number of imide groups is 1. The van der Waals surface area contributed by atoms with Crippen LogP contribution < -0.4 is 10.6 Å². The highest BCUT2D eigenvalue weighted by Crippen LogP contribution is 2.19. The van der Waals surface area contributed by atoms with Crippen molar-refractivity contribution in [2.75, 3.05) is 0 Å². The Bertz CT molecular complexity index is 510. The van der Waals surface area contributed by atoms with Crippen LogP contribution in [0.25, 0.3) is 0 Å². The van der Waals surface area contributed by atoms with E-state index in [1.54, 1.807) is 30.1 Å². The van der Waals surface area contributed by atoms with Crippen LogP contribution in [0.15, 0.2) is 18.5 Å². The molecule has 21 heavy (non-hydrogen) atoms. The Morgan fingerprint density at radius 2 is 2.05 bits per heavy atom. The molecule has 0 aromatic carbocycles. The quantitative estimate of drug-likeness (QED) is 0.711. The second-order valence-electron chi connectivity index (χ2n) is 5.52. The zero-order valence-corrected chi connectivity index (χ0v) is 12.3. The third kappa shape index (κ3) is 5.64. The molecule has 1 aromatic heterocycles. The summed E-state index contributed by atoms with van der Waals surface area (Å²) in [6.45, 7) is 5.09. The molecule has 3 amide bonds. The van der Waals surface area contributed by atoms with Crippen molar-refractivity contribution in [3.8, 4) is 0 Å². The Hall–Kier alpha value is -2.38. The molecule has 0 aliphatic heterocycles. The number of carboxylic acid groups (broad SMARTS) is 1. The average molecular weight is 296 g/mol. The summed E-state index contributed by atoms with van der Waals surface area (Å²) >= 11 is 0. The number of aliphatic carboxylic acids is 1. The van der Waals surface area contributed by atoms with Gasteiger partial charge < -0.3 is 10.4 Å². The predicted octanol–water partition coefficient (Wildman–Crippen LogP) is 0.598. The Kier molecular flexibility index (Phi) is 5.45. The van der Waals surface area contributed by atoms with E-state index in [4.69, 9.17) is 5.11 Å². The minimum absolute atomic E-state index is 0.231. The SMILES string of the molecule is CC(Cn1cccn1)NC(=O)NC(=O)CC(C)(C)C(=O)O. The van der Waals surface area contributed by atoms with Crippen molar-refractivity contribution in [2.45, 2.75) is 39.8 Å². The minimum atomic E-state index is -1.22. The molecule has 0 radical (unpaired) electrons. The normalized spacial score (nSPS) is 12.5. The molecule has 8 nitrogen and oxygen atoms in total. The number of carbonyl (C=O) groups is 3.